The minimum atomic E-state index is -0.433. The molecule has 1 aromatic heterocycles. The molecule has 0 saturated carbocycles. The van der Waals surface area contributed by atoms with Crippen LogP contribution >= 0.6 is 15.9 Å². The standard InChI is InChI=1S/C13H9BrFN3/c1-8-11(14)3-5-13(17-8)18-12-4-2-10(15)6-9(12)7-16/h2-6H,1H3,(H,17,18). The highest BCUT2D eigenvalue weighted by atomic mass is 79.9. The van der Waals surface area contributed by atoms with Gasteiger partial charge >= 0.3 is 0 Å². The van der Waals surface area contributed by atoms with Gasteiger partial charge in [-0.3, -0.25) is 0 Å². The van der Waals surface area contributed by atoms with Gasteiger partial charge in [0.25, 0.3) is 0 Å². The Morgan fingerprint density at radius 1 is 1.33 bits per heavy atom. The van der Waals surface area contributed by atoms with Crippen molar-refractivity contribution < 1.29 is 4.39 Å². The van der Waals surface area contributed by atoms with Gasteiger partial charge in [0.2, 0.25) is 0 Å². The summed E-state index contributed by atoms with van der Waals surface area (Å²) in [5.41, 5.74) is 1.62. The van der Waals surface area contributed by atoms with Crippen LogP contribution in [0.5, 0.6) is 0 Å². The van der Waals surface area contributed by atoms with Gasteiger partial charge in [0.05, 0.1) is 16.9 Å². The second kappa shape index (κ2) is 5.15. The zero-order chi connectivity index (χ0) is 13.1. The third kappa shape index (κ3) is 2.66. The number of pyridine rings is 1. The topological polar surface area (TPSA) is 48.7 Å². The molecular formula is C13H9BrFN3. The molecule has 0 radical (unpaired) electrons. The largest absolute Gasteiger partial charge is 0.339 e. The zero-order valence-corrected chi connectivity index (χ0v) is 11.1. The summed E-state index contributed by atoms with van der Waals surface area (Å²) >= 11 is 3.36. The summed E-state index contributed by atoms with van der Waals surface area (Å²) in [6, 6.07) is 9.59. The fourth-order valence-corrected chi connectivity index (χ4v) is 1.69. The number of hydrogen-bond acceptors (Lipinski definition) is 3. The monoisotopic (exact) mass is 305 g/mol. The van der Waals surface area contributed by atoms with Crippen molar-refractivity contribution >= 4 is 27.4 Å². The summed E-state index contributed by atoms with van der Waals surface area (Å²) < 4.78 is 13.9. The number of rotatable bonds is 2. The van der Waals surface area contributed by atoms with E-state index in [9.17, 15) is 4.39 Å². The Bertz CT molecular complexity index is 635. The first-order valence-electron chi connectivity index (χ1n) is 5.20. The molecular weight excluding hydrogens is 297 g/mol. The van der Waals surface area contributed by atoms with E-state index in [4.69, 9.17) is 5.26 Å². The number of halogens is 2. The Morgan fingerprint density at radius 2 is 2.11 bits per heavy atom. The van der Waals surface area contributed by atoms with Crippen molar-refractivity contribution in [1.82, 2.24) is 4.98 Å². The smallest absolute Gasteiger partial charge is 0.130 e. The van der Waals surface area contributed by atoms with E-state index in [0.29, 0.717) is 11.5 Å². The maximum Gasteiger partial charge on any atom is 0.130 e. The molecule has 2 rings (SSSR count). The van der Waals surface area contributed by atoms with Crippen LogP contribution in [0.1, 0.15) is 11.3 Å². The van der Waals surface area contributed by atoms with Crippen LogP contribution in [0.4, 0.5) is 15.9 Å². The molecule has 0 fully saturated rings. The predicted molar refractivity (Wildman–Crippen MR) is 71.1 cm³/mol. The van der Waals surface area contributed by atoms with E-state index in [1.165, 1.54) is 18.2 Å². The van der Waals surface area contributed by atoms with Crippen LogP contribution in [0.2, 0.25) is 0 Å². The Hall–Kier alpha value is -1.93. The van der Waals surface area contributed by atoms with E-state index in [0.717, 1.165) is 10.2 Å². The zero-order valence-electron chi connectivity index (χ0n) is 9.54. The number of anilines is 2. The van der Waals surface area contributed by atoms with Crippen molar-refractivity contribution in [3.8, 4) is 6.07 Å². The highest BCUT2D eigenvalue weighted by Crippen LogP contribution is 2.22. The van der Waals surface area contributed by atoms with Gasteiger partial charge < -0.3 is 5.32 Å². The van der Waals surface area contributed by atoms with Gasteiger partial charge in [-0.15, -0.1) is 0 Å². The van der Waals surface area contributed by atoms with Crippen molar-refractivity contribution in [3.05, 3.63) is 51.9 Å². The summed E-state index contributed by atoms with van der Waals surface area (Å²) in [7, 11) is 0. The van der Waals surface area contributed by atoms with Gasteiger partial charge in [-0.2, -0.15) is 5.26 Å². The minimum Gasteiger partial charge on any atom is -0.339 e. The first-order chi connectivity index (χ1) is 8.60. The lowest BCUT2D eigenvalue weighted by Crippen LogP contribution is -1.98. The molecule has 1 heterocycles. The van der Waals surface area contributed by atoms with Gasteiger partial charge in [0, 0.05) is 4.47 Å². The quantitative estimate of drug-likeness (QED) is 0.915. The summed E-state index contributed by atoms with van der Waals surface area (Å²) in [4.78, 5) is 4.30. The lowest BCUT2D eigenvalue weighted by molar-refractivity contribution is 0.627. The molecule has 18 heavy (non-hydrogen) atoms. The third-order valence-corrected chi connectivity index (χ3v) is 3.22. The van der Waals surface area contributed by atoms with E-state index in [1.54, 1.807) is 6.07 Å². The van der Waals surface area contributed by atoms with Crippen LogP contribution in [0, 0.1) is 24.1 Å². The Balaban J connectivity index is 2.34. The molecule has 0 amide bonds. The molecule has 1 N–H and O–H groups in total. The van der Waals surface area contributed by atoms with E-state index in [-0.39, 0.29) is 5.56 Å². The number of aromatic nitrogens is 1. The molecule has 2 aromatic rings. The van der Waals surface area contributed by atoms with Crippen LogP contribution < -0.4 is 5.32 Å². The molecule has 3 nitrogen and oxygen atoms in total. The van der Waals surface area contributed by atoms with Gasteiger partial charge in [0.1, 0.15) is 17.7 Å². The van der Waals surface area contributed by atoms with Crippen LogP contribution in [0.25, 0.3) is 0 Å². The molecule has 90 valence electrons. The highest BCUT2D eigenvalue weighted by Gasteiger charge is 2.05. The van der Waals surface area contributed by atoms with E-state index in [2.05, 4.69) is 26.2 Å². The highest BCUT2D eigenvalue weighted by molar-refractivity contribution is 9.10. The van der Waals surface area contributed by atoms with Gasteiger partial charge in [-0.05, 0) is 53.2 Å². The molecule has 0 spiro atoms. The van der Waals surface area contributed by atoms with Crippen LogP contribution in [-0.4, -0.2) is 4.98 Å². The lowest BCUT2D eigenvalue weighted by atomic mass is 10.2. The minimum absolute atomic E-state index is 0.248. The number of nitrogens with zero attached hydrogens (tertiary/aromatic N) is 2. The summed E-state index contributed by atoms with van der Waals surface area (Å²) in [6.45, 7) is 1.87. The van der Waals surface area contributed by atoms with Crippen LogP contribution in [-0.2, 0) is 0 Å². The maximum atomic E-state index is 13.0. The molecule has 0 bridgehead atoms. The number of nitriles is 1. The first-order valence-corrected chi connectivity index (χ1v) is 5.99. The second-order valence-corrected chi connectivity index (χ2v) is 4.54. The molecule has 0 aliphatic rings. The Labute approximate surface area is 112 Å². The first kappa shape index (κ1) is 12.5. The predicted octanol–water partition coefficient (Wildman–Crippen LogP) is 3.91. The van der Waals surface area contributed by atoms with Crippen LogP contribution in [0.15, 0.2) is 34.8 Å². The van der Waals surface area contributed by atoms with Gasteiger partial charge in [-0.25, -0.2) is 9.37 Å². The van der Waals surface area contributed by atoms with Gasteiger partial charge in [-0.1, -0.05) is 0 Å². The molecule has 1 aromatic carbocycles. The average Bonchev–Trinajstić information content (AvgIpc) is 2.36. The Morgan fingerprint density at radius 3 is 2.78 bits per heavy atom. The number of aryl methyl sites for hydroxylation is 1. The Kier molecular flexibility index (Phi) is 3.58. The van der Waals surface area contributed by atoms with Crippen LogP contribution in [0.3, 0.4) is 0 Å². The molecule has 5 heteroatoms. The molecule has 0 unspecified atom stereocenters. The van der Waals surface area contributed by atoms with E-state index in [1.807, 2.05) is 19.1 Å². The fourth-order valence-electron chi connectivity index (χ4n) is 1.47. The molecule has 0 saturated heterocycles. The lowest BCUT2D eigenvalue weighted by Gasteiger charge is -2.08. The second-order valence-electron chi connectivity index (χ2n) is 3.69. The molecule has 0 aliphatic heterocycles. The van der Waals surface area contributed by atoms with Crippen molar-refractivity contribution in [2.24, 2.45) is 0 Å². The number of nitrogens with one attached hydrogen (secondary N) is 1. The normalized spacial score (nSPS) is 9.89. The average molecular weight is 306 g/mol. The van der Waals surface area contributed by atoms with Crippen molar-refractivity contribution in [2.45, 2.75) is 6.92 Å². The van der Waals surface area contributed by atoms with Crippen molar-refractivity contribution in [2.75, 3.05) is 5.32 Å². The number of hydrogen-bond donors (Lipinski definition) is 1. The van der Waals surface area contributed by atoms with E-state index >= 15 is 0 Å². The summed E-state index contributed by atoms with van der Waals surface area (Å²) in [6.07, 6.45) is 0. The SMILES string of the molecule is Cc1nc(Nc2ccc(F)cc2C#N)ccc1Br. The molecule has 0 atom stereocenters. The fraction of sp³-hybridized carbons (Fsp3) is 0.0769. The van der Waals surface area contributed by atoms with Crippen molar-refractivity contribution in [1.29, 1.82) is 5.26 Å². The summed E-state index contributed by atoms with van der Waals surface area (Å²) in [5, 5.41) is 11.9. The van der Waals surface area contributed by atoms with E-state index < -0.39 is 5.82 Å². The number of benzene rings is 1. The maximum absolute atomic E-state index is 13.0. The van der Waals surface area contributed by atoms with Gasteiger partial charge in [0.15, 0.2) is 0 Å². The van der Waals surface area contributed by atoms with Crippen molar-refractivity contribution in [3.63, 3.8) is 0 Å². The molecule has 0 aliphatic carbocycles. The third-order valence-electron chi connectivity index (χ3n) is 2.39. The summed E-state index contributed by atoms with van der Waals surface area (Å²) in [5.74, 6) is 0.177.